The summed E-state index contributed by atoms with van der Waals surface area (Å²) in [6, 6.07) is 2.64. The molecule has 0 spiro atoms. The van der Waals surface area contributed by atoms with E-state index in [2.05, 4.69) is 10.0 Å². The maximum atomic E-state index is 12.5. The van der Waals surface area contributed by atoms with Crippen molar-refractivity contribution < 1.29 is 23.1 Å². The van der Waals surface area contributed by atoms with Crippen molar-refractivity contribution in [1.82, 2.24) is 10.0 Å². The predicted molar refractivity (Wildman–Crippen MR) is 99.6 cm³/mol. The van der Waals surface area contributed by atoms with E-state index in [1.807, 2.05) is 13.8 Å². The summed E-state index contributed by atoms with van der Waals surface area (Å²) in [4.78, 5) is 23.3. The van der Waals surface area contributed by atoms with Crippen molar-refractivity contribution in [1.29, 1.82) is 0 Å². The second-order valence-corrected chi connectivity index (χ2v) is 8.18. The number of carbonyl (C=O) groups excluding carboxylic acids is 1. The van der Waals surface area contributed by atoms with Crippen LogP contribution in [0.5, 0.6) is 0 Å². The Bertz CT molecular complexity index is 736. The third-order valence-corrected chi connectivity index (χ3v) is 5.76. The first-order valence-corrected chi connectivity index (χ1v) is 10.2. The average Bonchev–Trinajstić information content (AvgIpc) is 2.49. The molecule has 0 fully saturated rings. The molecule has 0 aliphatic rings. The molecule has 1 aromatic rings. The summed E-state index contributed by atoms with van der Waals surface area (Å²) in [5.74, 6) is -1.58. The number of sulfonamides is 1. The van der Waals surface area contributed by atoms with Gasteiger partial charge < -0.3 is 10.4 Å². The Morgan fingerprint density at radius 3 is 2.23 bits per heavy atom. The van der Waals surface area contributed by atoms with Crippen molar-refractivity contribution in [3.8, 4) is 0 Å². The van der Waals surface area contributed by atoms with Crippen LogP contribution in [0, 0.1) is 20.8 Å². The highest BCUT2D eigenvalue weighted by Gasteiger charge is 2.21. The molecule has 1 aromatic carbocycles. The smallest absolute Gasteiger partial charge is 0.326 e. The summed E-state index contributed by atoms with van der Waals surface area (Å²) in [7, 11) is -3.74. The van der Waals surface area contributed by atoms with Crippen LogP contribution in [0.15, 0.2) is 17.0 Å². The predicted octanol–water partition coefficient (Wildman–Crippen LogP) is 2.04. The van der Waals surface area contributed by atoms with Crippen molar-refractivity contribution in [2.75, 3.05) is 6.54 Å². The van der Waals surface area contributed by atoms with Crippen LogP contribution in [0.2, 0.25) is 0 Å². The third kappa shape index (κ3) is 6.42. The van der Waals surface area contributed by atoms with Gasteiger partial charge in [-0.3, -0.25) is 4.79 Å². The van der Waals surface area contributed by atoms with Crippen molar-refractivity contribution in [2.45, 2.75) is 64.3 Å². The lowest BCUT2D eigenvalue weighted by Gasteiger charge is -2.15. The number of amides is 1. The minimum Gasteiger partial charge on any atom is -0.480 e. The van der Waals surface area contributed by atoms with Gasteiger partial charge in [-0.1, -0.05) is 37.5 Å². The zero-order valence-corrected chi connectivity index (χ0v) is 16.6. The molecular formula is C18H28N2O5S. The number of carboxylic acids is 1. The van der Waals surface area contributed by atoms with Gasteiger partial charge in [0.2, 0.25) is 15.9 Å². The Kier molecular flexibility index (Phi) is 8.23. The molecule has 146 valence electrons. The topological polar surface area (TPSA) is 113 Å². The molecule has 0 aromatic heterocycles. The number of hydrogen-bond donors (Lipinski definition) is 3. The van der Waals surface area contributed by atoms with E-state index in [0.717, 1.165) is 12.0 Å². The number of nitrogens with one attached hydrogen (secondary N) is 2. The van der Waals surface area contributed by atoms with E-state index in [1.54, 1.807) is 26.0 Å². The quantitative estimate of drug-likeness (QED) is 0.571. The average molecular weight is 384 g/mol. The minimum atomic E-state index is -3.74. The molecule has 0 aliphatic heterocycles. The van der Waals surface area contributed by atoms with E-state index in [1.165, 1.54) is 0 Å². The van der Waals surface area contributed by atoms with Crippen molar-refractivity contribution in [3.05, 3.63) is 28.8 Å². The highest BCUT2D eigenvalue weighted by molar-refractivity contribution is 7.89. The van der Waals surface area contributed by atoms with E-state index < -0.39 is 27.9 Å². The van der Waals surface area contributed by atoms with Gasteiger partial charge in [-0.05, 0) is 38.3 Å². The molecule has 8 heteroatoms. The van der Waals surface area contributed by atoms with Crippen molar-refractivity contribution >= 4 is 21.9 Å². The first-order chi connectivity index (χ1) is 12.1. The van der Waals surface area contributed by atoms with Gasteiger partial charge >= 0.3 is 5.97 Å². The third-order valence-electron chi connectivity index (χ3n) is 4.00. The first-order valence-electron chi connectivity index (χ1n) is 8.68. The Labute approximate surface area is 155 Å². The Hall–Kier alpha value is -1.93. The highest BCUT2D eigenvalue weighted by Crippen LogP contribution is 2.21. The minimum absolute atomic E-state index is 0.0962. The van der Waals surface area contributed by atoms with Gasteiger partial charge in [0.25, 0.3) is 0 Å². The number of hydrogen-bond acceptors (Lipinski definition) is 4. The van der Waals surface area contributed by atoms with E-state index >= 15 is 0 Å². The van der Waals surface area contributed by atoms with E-state index in [-0.39, 0.29) is 17.9 Å². The molecule has 3 N–H and O–H groups in total. The van der Waals surface area contributed by atoms with Gasteiger partial charge in [0.05, 0.1) is 4.90 Å². The summed E-state index contributed by atoms with van der Waals surface area (Å²) >= 11 is 0. The molecule has 1 amide bonds. The molecule has 0 saturated carbocycles. The Morgan fingerprint density at radius 2 is 1.73 bits per heavy atom. The fraction of sp³-hybridized carbons (Fsp3) is 0.556. The number of aliphatic carboxylic acids is 1. The number of benzene rings is 1. The van der Waals surface area contributed by atoms with Crippen LogP contribution in [0.1, 0.15) is 49.3 Å². The van der Waals surface area contributed by atoms with Gasteiger partial charge in [0.1, 0.15) is 6.04 Å². The lowest BCUT2D eigenvalue weighted by atomic mass is 10.1. The molecule has 0 saturated heterocycles. The number of unbranched alkanes of at least 4 members (excludes halogenated alkanes) is 1. The monoisotopic (exact) mass is 384 g/mol. The number of carbonyl (C=O) groups is 2. The zero-order chi connectivity index (χ0) is 19.9. The van der Waals surface area contributed by atoms with Crippen LogP contribution in [-0.2, 0) is 19.6 Å². The lowest BCUT2D eigenvalue weighted by Crippen LogP contribution is -2.42. The summed E-state index contributed by atoms with van der Waals surface area (Å²) in [6.07, 6.45) is 1.74. The van der Waals surface area contributed by atoms with E-state index in [0.29, 0.717) is 24.0 Å². The normalized spacial score (nSPS) is 12.6. The fourth-order valence-corrected chi connectivity index (χ4v) is 4.37. The molecule has 0 unspecified atom stereocenters. The van der Waals surface area contributed by atoms with Crippen molar-refractivity contribution in [3.63, 3.8) is 0 Å². The van der Waals surface area contributed by atoms with Crippen molar-refractivity contribution in [2.24, 2.45) is 0 Å². The summed E-state index contributed by atoms with van der Waals surface area (Å²) in [5, 5.41) is 11.5. The molecule has 7 nitrogen and oxygen atoms in total. The number of aryl methyl sites for hydroxylation is 3. The van der Waals surface area contributed by atoms with E-state index in [4.69, 9.17) is 5.11 Å². The SMILES string of the molecule is CCCC[C@H](NC(=O)CCNS(=O)(=O)c1c(C)cc(C)cc1C)C(=O)O. The molecule has 26 heavy (non-hydrogen) atoms. The maximum absolute atomic E-state index is 12.5. The zero-order valence-electron chi connectivity index (χ0n) is 15.8. The van der Waals surface area contributed by atoms with Crippen LogP contribution in [-0.4, -0.2) is 38.0 Å². The van der Waals surface area contributed by atoms with Crippen LogP contribution in [0.4, 0.5) is 0 Å². The standard InChI is InChI=1S/C18H28N2O5S/c1-5-6-7-15(18(22)23)20-16(21)8-9-19-26(24,25)17-13(3)10-12(2)11-14(17)4/h10-11,15,19H,5-9H2,1-4H3,(H,20,21)(H,22,23)/t15-/m0/s1. The highest BCUT2D eigenvalue weighted by atomic mass is 32.2. The van der Waals surface area contributed by atoms with Crippen LogP contribution in [0.3, 0.4) is 0 Å². The summed E-state index contributed by atoms with van der Waals surface area (Å²) < 4.78 is 27.4. The van der Waals surface area contributed by atoms with Crippen LogP contribution < -0.4 is 10.0 Å². The second kappa shape index (κ2) is 9.68. The molecule has 0 radical (unpaired) electrons. The second-order valence-electron chi connectivity index (χ2n) is 6.48. The van der Waals surface area contributed by atoms with Gasteiger partial charge in [-0.15, -0.1) is 0 Å². The van der Waals surface area contributed by atoms with Gasteiger partial charge in [0.15, 0.2) is 0 Å². The molecule has 0 bridgehead atoms. The first kappa shape index (κ1) is 22.1. The van der Waals surface area contributed by atoms with Crippen LogP contribution in [0.25, 0.3) is 0 Å². The molecule has 0 heterocycles. The van der Waals surface area contributed by atoms with Gasteiger partial charge in [-0.25, -0.2) is 17.9 Å². The van der Waals surface area contributed by atoms with Gasteiger partial charge in [-0.2, -0.15) is 0 Å². The van der Waals surface area contributed by atoms with E-state index in [9.17, 15) is 18.0 Å². The molecular weight excluding hydrogens is 356 g/mol. The maximum Gasteiger partial charge on any atom is 0.326 e. The number of rotatable bonds is 10. The Morgan fingerprint density at radius 1 is 1.15 bits per heavy atom. The fourth-order valence-electron chi connectivity index (χ4n) is 2.89. The number of carboxylic acid groups (broad SMARTS) is 1. The van der Waals surface area contributed by atoms with Gasteiger partial charge in [0, 0.05) is 13.0 Å². The molecule has 1 atom stereocenters. The largest absolute Gasteiger partial charge is 0.480 e. The summed E-state index contributed by atoms with van der Waals surface area (Å²) in [5.41, 5.74) is 2.26. The molecule has 1 rings (SSSR count). The Balaban J connectivity index is 2.66. The lowest BCUT2D eigenvalue weighted by molar-refractivity contribution is -0.142. The summed E-state index contributed by atoms with van der Waals surface area (Å²) in [6.45, 7) is 7.19. The van der Waals surface area contributed by atoms with Crippen LogP contribution >= 0.6 is 0 Å². The molecule has 0 aliphatic carbocycles.